The summed E-state index contributed by atoms with van der Waals surface area (Å²) in [5.41, 5.74) is -4.23. The van der Waals surface area contributed by atoms with Gasteiger partial charge in [0.15, 0.2) is 0 Å². The molecular formula is C19H15F3N2O3S2Si. The molecule has 5 rings (SSSR count). The molecule has 2 aliphatic rings. The van der Waals surface area contributed by atoms with Gasteiger partial charge in [-0.05, 0) is 0 Å². The Bertz CT molecular complexity index is 1270. The molecule has 0 atom stereocenters. The average Bonchev–Trinajstić information content (AvgIpc) is 3.15. The van der Waals surface area contributed by atoms with Gasteiger partial charge in [0.2, 0.25) is 0 Å². The molecule has 2 aliphatic heterocycles. The van der Waals surface area contributed by atoms with Crippen molar-refractivity contribution in [2.45, 2.75) is 16.9 Å². The van der Waals surface area contributed by atoms with E-state index in [1.165, 1.54) is 0 Å². The minimum atomic E-state index is -5.93. The monoisotopic (exact) mass is 468 g/mol. The van der Waals surface area contributed by atoms with Crippen LogP contribution < -0.4 is 14.0 Å². The van der Waals surface area contributed by atoms with Crippen molar-refractivity contribution in [3.63, 3.8) is 0 Å². The quantitative estimate of drug-likeness (QED) is 0.437. The maximum absolute atomic E-state index is 13.6. The van der Waals surface area contributed by atoms with Crippen LogP contribution in [-0.4, -0.2) is 21.0 Å². The van der Waals surface area contributed by atoms with Gasteiger partial charge in [0.05, 0.1) is 0 Å². The Labute approximate surface area is 175 Å². The second-order valence-corrected chi connectivity index (χ2v) is 16.1. The molecule has 5 nitrogen and oxygen atoms in total. The van der Waals surface area contributed by atoms with Crippen molar-refractivity contribution in [2.24, 2.45) is 0 Å². The number of nitrogens with zero attached hydrogens (tertiary/aromatic N) is 2. The number of halogens is 3. The number of benzene rings is 2. The zero-order valence-electron chi connectivity index (χ0n) is 15.3. The third kappa shape index (κ3) is 2.34. The summed E-state index contributed by atoms with van der Waals surface area (Å²) in [5.74, 6) is 0. The van der Waals surface area contributed by atoms with Crippen LogP contribution in [0.3, 0.4) is 0 Å². The number of fused-ring (bicyclic) bond motifs is 5. The van der Waals surface area contributed by atoms with Crippen LogP contribution in [0, 0.1) is 0 Å². The van der Waals surface area contributed by atoms with Crippen molar-refractivity contribution in [1.29, 1.82) is 0 Å². The van der Waals surface area contributed by atoms with Gasteiger partial charge >= 0.3 is 175 Å². The summed E-state index contributed by atoms with van der Waals surface area (Å²) >= 11 is 1.08. The van der Waals surface area contributed by atoms with E-state index in [0.717, 1.165) is 11.2 Å². The Morgan fingerprint density at radius 3 is 2.37 bits per heavy atom. The summed E-state index contributed by atoms with van der Waals surface area (Å²) in [6, 6.07) is 20.7. The molecule has 2 aromatic carbocycles. The topological polar surface area (TPSA) is 50.5 Å². The summed E-state index contributed by atoms with van der Waals surface area (Å²) in [6.07, 6.45) is 1.61. The van der Waals surface area contributed by atoms with Crippen molar-refractivity contribution in [2.75, 3.05) is 4.57 Å². The molecule has 0 saturated carbocycles. The molecule has 156 valence electrons. The molecule has 30 heavy (non-hydrogen) atoms. The van der Waals surface area contributed by atoms with Gasteiger partial charge < -0.3 is 0 Å². The molecule has 11 heteroatoms. The Balaban J connectivity index is 1.92. The van der Waals surface area contributed by atoms with Crippen LogP contribution in [-0.2, 0) is 20.5 Å². The number of rotatable bonds is 3. The Morgan fingerprint density at radius 1 is 0.967 bits per heavy atom. The van der Waals surface area contributed by atoms with Gasteiger partial charge in [0.25, 0.3) is 0 Å². The van der Waals surface area contributed by atoms with Crippen molar-refractivity contribution >= 4 is 39.3 Å². The molecule has 0 unspecified atom stereocenters. The first kappa shape index (κ1) is 19.6. The van der Waals surface area contributed by atoms with E-state index in [4.69, 9.17) is 3.87 Å². The van der Waals surface area contributed by atoms with Crippen LogP contribution in [0.15, 0.2) is 83.9 Å². The molecule has 1 aromatic heterocycles. The molecule has 3 aromatic rings. The van der Waals surface area contributed by atoms with Crippen LogP contribution in [0.25, 0.3) is 0 Å². The van der Waals surface area contributed by atoms with Crippen molar-refractivity contribution in [1.82, 2.24) is 0 Å². The van der Waals surface area contributed by atoms with Crippen LogP contribution >= 0.6 is 11.2 Å². The van der Waals surface area contributed by atoms with E-state index in [1.54, 1.807) is 87.8 Å². The van der Waals surface area contributed by atoms with Gasteiger partial charge in [-0.3, -0.25) is 0 Å². The van der Waals surface area contributed by atoms with Crippen molar-refractivity contribution in [3.05, 3.63) is 84.7 Å². The van der Waals surface area contributed by atoms with Gasteiger partial charge in [-0.2, -0.15) is 0 Å². The number of hydrogen-bond donors (Lipinski definition) is 0. The predicted molar refractivity (Wildman–Crippen MR) is 108 cm³/mol. The summed E-state index contributed by atoms with van der Waals surface area (Å²) in [4.78, 5) is 0.675. The van der Waals surface area contributed by atoms with E-state index in [0.29, 0.717) is 21.5 Å². The minimum absolute atomic E-state index is 0.223. The fraction of sp³-hybridized carbons (Fsp3) is 0.105. The van der Waals surface area contributed by atoms with Gasteiger partial charge in [-0.15, -0.1) is 0 Å². The maximum atomic E-state index is 13.6. The van der Waals surface area contributed by atoms with Gasteiger partial charge in [0, 0.05) is 0 Å². The van der Waals surface area contributed by atoms with Crippen LogP contribution in [0.4, 0.5) is 18.9 Å². The zero-order chi connectivity index (χ0) is 21.2. The van der Waals surface area contributed by atoms with Crippen LogP contribution in [0.2, 0.25) is 0 Å². The predicted octanol–water partition coefficient (Wildman–Crippen LogP) is 3.11. The van der Waals surface area contributed by atoms with Gasteiger partial charge in [-0.25, -0.2) is 0 Å². The zero-order valence-corrected chi connectivity index (χ0v) is 17.9. The normalized spacial score (nSPS) is 20.0. The fourth-order valence-electron chi connectivity index (χ4n) is 4.26. The second kappa shape index (κ2) is 6.09. The molecule has 3 heterocycles. The van der Waals surface area contributed by atoms with Gasteiger partial charge in [0.1, 0.15) is 0 Å². The molecule has 0 spiro atoms. The molecule has 0 bridgehead atoms. The van der Waals surface area contributed by atoms with Crippen molar-refractivity contribution < 1.29 is 29.7 Å². The Morgan fingerprint density at radius 2 is 1.63 bits per heavy atom. The second-order valence-electron chi connectivity index (χ2n) is 7.04. The van der Waals surface area contributed by atoms with Crippen LogP contribution in [0.5, 0.6) is 0 Å². The fourth-order valence-corrected chi connectivity index (χ4v) is 17.6. The Kier molecular flexibility index (Phi) is 3.98. The van der Waals surface area contributed by atoms with E-state index in [2.05, 4.69) is 0 Å². The third-order valence-corrected chi connectivity index (χ3v) is 17.3. The van der Waals surface area contributed by atoms with Crippen LogP contribution in [0.1, 0.15) is 5.69 Å². The number of alkyl halides is 3. The molecular weight excluding hydrogens is 453 g/mol. The number of hydrogen-bond acceptors (Lipinski definition) is 5. The summed E-state index contributed by atoms with van der Waals surface area (Å²) in [7, 11) is -10.9. The first-order chi connectivity index (χ1) is 14.2. The SMILES string of the molecule is O=S(=O)(O[Si-]12(c3ccccc3)Sc3ccccc3N1Cc1cccc[n+]12)C(F)(F)F. The van der Waals surface area contributed by atoms with E-state index in [1.807, 2.05) is 0 Å². The first-order valence-corrected chi connectivity index (χ1v) is 14.2. The summed E-state index contributed by atoms with van der Waals surface area (Å²) in [5, 5.41) is 0.404. The standard InChI is InChI=1S/C19H15F3N2O3S2Si/c20-19(21,22)29(25,26)27-30(16-9-2-1-3-10-16)23-13-7-6-8-15(23)14-24(30)17-11-4-5-12-18(17)28-30/h1-13H,14H2. The number of aromatic nitrogens is 1. The Hall–Kier alpha value is -2.34. The van der Waals surface area contributed by atoms with E-state index in [-0.39, 0.29) is 6.54 Å². The third-order valence-electron chi connectivity index (χ3n) is 5.43. The number of anilines is 1. The van der Waals surface area contributed by atoms with E-state index >= 15 is 0 Å². The molecule has 0 amide bonds. The van der Waals surface area contributed by atoms with Gasteiger partial charge in [-0.1, -0.05) is 0 Å². The first-order valence-electron chi connectivity index (χ1n) is 8.98. The molecule has 0 radical (unpaired) electrons. The molecule has 0 aliphatic carbocycles. The van der Waals surface area contributed by atoms with E-state index < -0.39 is 22.7 Å². The molecule has 0 N–H and O–H groups in total. The molecule has 0 saturated heterocycles. The van der Waals surface area contributed by atoms with E-state index in [9.17, 15) is 21.6 Å². The number of pyridine rings is 1. The summed E-state index contributed by atoms with van der Waals surface area (Å²) in [6.45, 7) is 0.223. The summed E-state index contributed by atoms with van der Waals surface area (Å²) < 4.78 is 74.7. The molecule has 0 fully saturated rings. The average molecular weight is 469 g/mol. The van der Waals surface area contributed by atoms with Crippen molar-refractivity contribution in [3.8, 4) is 0 Å². The number of para-hydroxylation sites is 1.